The number of benzene rings is 1. The van der Waals surface area contributed by atoms with Gasteiger partial charge >= 0.3 is 0 Å². The third-order valence-electron chi connectivity index (χ3n) is 5.03. The molecule has 31 heavy (non-hydrogen) atoms. The van der Waals surface area contributed by atoms with Crippen LogP contribution in [-0.2, 0) is 11.3 Å². The molecule has 4 heterocycles. The van der Waals surface area contributed by atoms with Gasteiger partial charge in [-0.3, -0.25) is 0 Å². The fourth-order valence-electron chi connectivity index (χ4n) is 3.76. The molecular formula is C19H19BrF2N8O. The number of aromatic amines is 1. The van der Waals surface area contributed by atoms with Crippen LogP contribution in [0.5, 0.6) is 0 Å². The van der Waals surface area contributed by atoms with Crippen molar-refractivity contribution in [3.63, 3.8) is 0 Å². The summed E-state index contributed by atoms with van der Waals surface area (Å²) in [5.74, 6) is -0.434. The summed E-state index contributed by atoms with van der Waals surface area (Å²) in [5.41, 5.74) is 0.910. The molecule has 3 aromatic heterocycles. The smallest absolute Gasteiger partial charge is 0.245 e. The van der Waals surface area contributed by atoms with Crippen LogP contribution in [0, 0.1) is 11.6 Å². The number of hydrogen-bond acceptors (Lipinski definition) is 7. The van der Waals surface area contributed by atoms with Gasteiger partial charge < -0.3 is 19.9 Å². The minimum absolute atomic E-state index is 0.0369. The predicted octanol–water partition coefficient (Wildman–Crippen LogP) is 3.27. The van der Waals surface area contributed by atoms with Crippen LogP contribution in [0.1, 0.15) is 19.7 Å². The van der Waals surface area contributed by atoms with Crippen molar-refractivity contribution in [2.45, 2.75) is 32.6 Å². The lowest BCUT2D eigenvalue weighted by Gasteiger charge is -2.35. The first kappa shape index (κ1) is 20.1. The molecule has 1 saturated heterocycles. The molecule has 0 saturated carbocycles. The number of ether oxygens (including phenoxy) is 1. The Labute approximate surface area is 184 Å². The third-order valence-corrected chi connectivity index (χ3v) is 5.57. The largest absolute Gasteiger partial charge is 0.372 e. The Morgan fingerprint density at radius 3 is 2.77 bits per heavy atom. The Hall–Kier alpha value is -2.86. The maximum Gasteiger partial charge on any atom is 0.245 e. The third kappa shape index (κ3) is 3.69. The maximum atomic E-state index is 14.0. The lowest BCUT2D eigenvalue weighted by atomic mass is 10.2. The van der Waals surface area contributed by atoms with Crippen molar-refractivity contribution in [1.29, 1.82) is 0 Å². The topological polar surface area (TPSA) is 96.3 Å². The van der Waals surface area contributed by atoms with Crippen molar-refractivity contribution >= 4 is 44.4 Å². The molecular weight excluding hydrogens is 474 g/mol. The molecule has 1 aliphatic rings. The summed E-state index contributed by atoms with van der Waals surface area (Å²) in [6.45, 7) is 5.56. The van der Waals surface area contributed by atoms with E-state index in [1.54, 1.807) is 10.7 Å². The van der Waals surface area contributed by atoms with E-state index < -0.39 is 11.6 Å². The number of H-pyrrole nitrogens is 1. The molecule has 2 atom stereocenters. The molecule has 0 bridgehead atoms. The second-order valence-electron chi connectivity index (χ2n) is 7.53. The second-order valence-corrected chi connectivity index (χ2v) is 8.35. The first-order valence-corrected chi connectivity index (χ1v) is 10.6. The van der Waals surface area contributed by atoms with Gasteiger partial charge in [0.1, 0.15) is 15.9 Å². The number of rotatable bonds is 4. The lowest BCUT2D eigenvalue weighted by Crippen LogP contribution is -2.46. The molecule has 0 unspecified atom stereocenters. The van der Waals surface area contributed by atoms with Crippen LogP contribution in [0.3, 0.4) is 0 Å². The zero-order valence-electron chi connectivity index (χ0n) is 16.7. The van der Waals surface area contributed by atoms with Gasteiger partial charge in [0, 0.05) is 13.1 Å². The van der Waals surface area contributed by atoms with Gasteiger partial charge in [-0.25, -0.2) is 18.7 Å². The average molecular weight is 493 g/mol. The van der Waals surface area contributed by atoms with Gasteiger partial charge in [-0.05, 0) is 41.9 Å². The minimum atomic E-state index is -0.973. The number of fused-ring (bicyclic) bond motifs is 2. The summed E-state index contributed by atoms with van der Waals surface area (Å²) >= 11 is 3.46. The molecule has 0 aliphatic carbocycles. The quantitative estimate of drug-likeness (QED) is 0.451. The number of halogens is 3. The summed E-state index contributed by atoms with van der Waals surface area (Å²) in [4.78, 5) is 18.3. The Balaban J connectivity index is 1.47. The van der Waals surface area contributed by atoms with Crippen LogP contribution < -0.4 is 10.2 Å². The number of imidazole rings is 2. The molecule has 4 aromatic rings. The molecule has 2 N–H and O–H groups in total. The number of anilines is 2. The highest BCUT2D eigenvalue weighted by Gasteiger charge is 2.26. The summed E-state index contributed by atoms with van der Waals surface area (Å²) in [6, 6.07) is 2.53. The summed E-state index contributed by atoms with van der Waals surface area (Å²) in [6.07, 6.45) is 1.75. The first-order chi connectivity index (χ1) is 14.9. The Kier molecular flexibility index (Phi) is 4.97. The van der Waals surface area contributed by atoms with Crippen LogP contribution in [0.4, 0.5) is 20.5 Å². The van der Waals surface area contributed by atoms with Crippen molar-refractivity contribution in [2.24, 2.45) is 0 Å². The highest BCUT2D eigenvalue weighted by molar-refractivity contribution is 9.10. The van der Waals surface area contributed by atoms with E-state index in [9.17, 15) is 8.78 Å². The van der Waals surface area contributed by atoms with Gasteiger partial charge in [-0.1, -0.05) is 0 Å². The Bertz CT molecular complexity index is 1260. The molecule has 0 amide bonds. The number of morpholine rings is 1. The fourth-order valence-corrected chi connectivity index (χ4v) is 4.11. The molecule has 5 rings (SSSR count). The Morgan fingerprint density at radius 1 is 1.23 bits per heavy atom. The molecule has 0 radical (unpaired) electrons. The zero-order chi connectivity index (χ0) is 21.7. The van der Waals surface area contributed by atoms with Crippen LogP contribution in [-0.4, -0.2) is 54.8 Å². The normalized spacial score (nSPS) is 19.5. The number of aromatic nitrogens is 6. The van der Waals surface area contributed by atoms with Gasteiger partial charge in [-0.15, -0.1) is 5.10 Å². The average Bonchev–Trinajstić information content (AvgIpc) is 3.32. The zero-order valence-corrected chi connectivity index (χ0v) is 18.3. The molecule has 9 nitrogen and oxygen atoms in total. The van der Waals surface area contributed by atoms with Gasteiger partial charge in [0.05, 0.1) is 30.5 Å². The van der Waals surface area contributed by atoms with Gasteiger partial charge in [0.2, 0.25) is 5.95 Å². The lowest BCUT2D eigenvalue weighted by molar-refractivity contribution is -0.00577. The minimum Gasteiger partial charge on any atom is -0.372 e. The molecule has 1 aromatic carbocycles. The van der Waals surface area contributed by atoms with Crippen LogP contribution in [0.15, 0.2) is 22.9 Å². The second kappa shape index (κ2) is 7.68. The molecule has 12 heteroatoms. The van der Waals surface area contributed by atoms with Gasteiger partial charge in [0.15, 0.2) is 23.1 Å². The van der Waals surface area contributed by atoms with E-state index in [1.165, 1.54) is 6.07 Å². The molecule has 1 aliphatic heterocycles. The van der Waals surface area contributed by atoms with Crippen LogP contribution in [0.25, 0.3) is 16.7 Å². The van der Waals surface area contributed by atoms with E-state index in [2.05, 4.69) is 51.2 Å². The van der Waals surface area contributed by atoms with Crippen LogP contribution >= 0.6 is 15.9 Å². The highest BCUT2D eigenvalue weighted by Crippen LogP contribution is 2.24. The summed E-state index contributed by atoms with van der Waals surface area (Å²) < 4.78 is 35.6. The standard InChI is InChI=1S/C19H19BrF2N8O/c1-9-7-29(8-10(2)31-9)19-27-17(18-24-5-13(20)30(18)28-19)23-6-14-25-12-4-3-11(21)15(22)16(12)26-14/h3-5,9-10H,6-8H2,1-2H3,(H,25,26)(H,23,27,28)/t9-,10+. The fraction of sp³-hybridized carbons (Fsp3) is 0.368. The van der Waals surface area contributed by atoms with E-state index in [-0.39, 0.29) is 24.3 Å². The van der Waals surface area contributed by atoms with Gasteiger partial charge in [0.25, 0.3) is 0 Å². The van der Waals surface area contributed by atoms with E-state index >= 15 is 0 Å². The SMILES string of the molecule is C[C@@H]1CN(c2nc(NCc3nc4c(F)c(F)ccc4[nH]3)c3ncc(Br)n3n2)C[C@H](C)O1. The van der Waals surface area contributed by atoms with Crippen LogP contribution in [0.2, 0.25) is 0 Å². The molecule has 162 valence electrons. The number of hydrogen-bond donors (Lipinski definition) is 2. The van der Waals surface area contributed by atoms with E-state index in [0.717, 1.165) is 6.07 Å². The van der Waals surface area contributed by atoms with Crippen molar-refractivity contribution < 1.29 is 13.5 Å². The molecule has 0 spiro atoms. The van der Waals surface area contributed by atoms with E-state index in [1.807, 2.05) is 13.8 Å². The highest BCUT2D eigenvalue weighted by atomic mass is 79.9. The van der Waals surface area contributed by atoms with Crippen molar-refractivity contribution in [3.8, 4) is 0 Å². The van der Waals surface area contributed by atoms with E-state index in [0.29, 0.717) is 46.4 Å². The van der Waals surface area contributed by atoms with Gasteiger partial charge in [-0.2, -0.15) is 9.50 Å². The van der Waals surface area contributed by atoms with Crippen molar-refractivity contribution in [3.05, 3.63) is 40.4 Å². The van der Waals surface area contributed by atoms with Crippen molar-refractivity contribution in [1.82, 2.24) is 29.5 Å². The first-order valence-electron chi connectivity index (χ1n) is 9.77. The number of nitrogens with zero attached hydrogens (tertiary/aromatic N) is 6. The van der Waals surface area contributed by atoms with E-state index in [4.69, 9.17) is 4.74 Å². The summed E-state index contributed by atoms with van der Waals surface area (Å²) in [5, 5.41) is 7.80. The Morgan fingerprint density at radius 2 is 2.00 bits per heavy atom. The van der Waals surface area contributed by atoms with Crippen molar-refractivity contribution in [2.75, 3.05) is 23.3 Å². The maximum absolute atomic E-state index is 14.0. The number of nitrogens with one attached hydrogen (secondary N) is 2. The predicted molar refractivity (Wildman–Crippen MR) is 114 cm³/mol. The monoisotopic (exact) mass is 492 g/mol. The summed E-state index contributed by atoms with van der Waals surface area (Å²) in [7, 11) is 0. The molecule has 1 fully saturated rings.